The van der Waals surface area contributed by atoms with E-state index in [1.54, 1.807) is 115 Å². The summed E-state index contributed by atoms with van der Waals surface area (Å²) in [5.41, 5.74) is 7.24. The minimum atomic E-state index is -0.820. The van der Waals surface area contributed by atoms with Gasteiger partial charge in [-0.15, -0.1) is 0 Å². The molecule has 2 aliphatic heterocycles. The van der Waals surface area contributed by atoms with E-state index >= 15 is 0 Å². The van der Waals surface area contributed by atoms with Gasteiger partial charge in [0.1, 0.15) is 81.2 Å². The van der Waals surface area contributed by atoms with Gasteiger partial charge in [-0.05, 0) is 117 Å². The second-order valence-corrected chi connectivity index (χ2v) is 18.2. The normalized spacial score (nSPS) is 22.6. The topological polar surface area (TPSA) is 221 Å². The Morgan fingerprint density at radius 2 is 0.691 bits per heavy atom. The molecule has 0 bridgehead atoms. The molecule has 0 saturated heterocycles. The second-order valence-electron chi connectivity index (χ2n) is 18.2. The highest BCUT2D eigenvalue weighted by atomic mass is 16.5. The van der Waals surface area contributed by atoms with Crippen LogP contribution in [0.4, 0.5) is 0 Å². The van der Waals surface area contributed by atoms with Crippen molar-refractivity contribution >= 4 is 0 Å². The van der Waals surface area contributed by atoms with Crippen LogP contribution in [-0.2, 0) is 0 Å². The molecule has 0 saturated carbocycles. The fourth-order valence-corrected chi connectivity index (χ4v) is 12.0. The van der Waals surface area contributed by atoms with Crippen LogP contribution in [0.3, 0.4) is 0 Å². The predicted molar refractivity (Wildman–Crippen MR) is 248 cm³/mol. The number of ether oxygens (including phenoxy) is 2. The third-order valence-electron chi connectivity index (χ3n) is 14.4. The summed E-state index contributed by atoms with van der Waals surface area (Å²) in [6.07, 6.45) is -1.60. The monoisotopic (exact) mass is 906 g/mol. The summed E-state index contributed by atoms with van der Waals surface area (Å²) >= 11 is 0. The van der Waals surface area contributed by atoms with Gasteiger partial charge in [-0.3, -0.25) is 0 Å². The Morgan fingerprint density at radius 3 is 1.24 bits per heavy atom. The second kappa shape index (κ2) is 14.9. The van der Waals surface area contributed by atoms with Crippen LogP contribution >= 0.6 is 0 Å². The molecule has 2 heterocycles. The van der Waals surface area contributed by atoms with E-state index in [9.17, 15) is 51.1 Å². The first-order valence-electron chi connectivity index (χ1n) is 22.2. The van der Waals surface area contributed by atoms with Crippen LogP contribution in [0, 0.1) is 0 Å². The van der Waals surface area contributed by atoms with Gasteiger partial charge >= 0.3 is 0 Å². The largest absolute Gasteiger partial charge is 0.508 e. The quantitative estimate of drug-likeness (QED) is 0.0753. The predicted octanol–water partition coefficient (Wildman–Crippen LogP) is 10.4. The standard InChI is InChI=1S/C56H42O12/c57-30-9-1-25(2-10-30)44-47-38(20-36(63)22-40(47)65)50-52-43(68-56(50)28-7-15-33(60)16-8-28)24-41(66)51-45(26-3-11-31(58)12-4-26)49(53(44)54(51)52)39-21-37(64)23-42-48(39)46(29-17-34(61)19-35(62)18-29)55(67-42)27-5-13-32(59)14-6-27/h1-24,44-46,49-50,53,55-66H. The Kier molecular flexibility index (Phi) is 8.97. The first-order valence-corrected chi connectivity index (χ1v) is 22.2. The van der Waals surface area contributed by atoms with Gasteiger partial charge in [0.25, 0.3) is 0 Å². The van der Waals surface area contributed by atoms with Crippen LogP contribution in [0.1, 0.15) is 114 Å². The highest BCUT2D eigenvalue weighted by Gasteiger charge is 2.57. The highest BCUT2D eigenvalue weighted by molar-refractivity contribution is 5.74. The van der Waals surface area contributed by atoms with E-state index in [4.69, 9.17) is 9.47 Å². The SMILES string of the molecule is Oc1ccc(C2Oc3cc(O)cc(C4C(c5ccc(O)cc5)c5c(O)cc6c7c5C4C(c4ccc(O)cc4)c4c(O)cc(O)cc4C7C(c4ccc(O)cc4)O6)c3C2c2cc(O)cc(O)c2)cc1. The van der Waals surface area contributed by atoms with Crippen LogP contribution < -0.4 is 9.47 Å². The molecule has 12 rings (SSSR count). The van der Waals surface area contributed by atoms with Gasteiger partial charge in [0.2, 0.25) is 0 Å². The number of hydrogen-bond acceptors (Lipinski definition) is 12. The average Bonchev–Trinajstić information content (AvgIpc) is 3.96. The van der Waals surface area contributed by atoms with Crippen LogP contribution in [0.25, 0.3) is 0 Å². The van der Waals surface area contributed by atoms with Crippen molar-refractivity contribution in [2.24, 2.45) is 0 Å². The third kappa shape index (κ3) is 6.20. The lowest BCUT2D eigenvalue weighted by Gasteiger charge is -2.35. The summed E-state index contributed by atoms with van der Waals surface area (Å²) in [5.74, 6) is -4.85. The van der Waals surface area contributed by atoms with Crippen LogP contribution in [-0.4, -0.2) is 51.1 Å². The summed E-state index contributed by atoms with van der Waals surface area (Å²) in [4.78, 5) is 0. The van der Waals surface area contributed by atoms with Crippen molar-refractivity contribution in [1.29, 1.82) is 0 Å². The highest BCUT2D eigenvalue weighted by Crippen LogP contribution is 2.72. The van der Waals surface area contributed by atoms with Crippen molar-refractivity contribution in [2.75, 3.05) is 0 Å². The molecule has 0 amide bonds. The molecule has 2 aliphatic carbocycles. The van der Waals surface area contributed by atoms with Crippen LogP contribution in [0.15, 0.2) is 146 Å². The Morgan fingerprint density at radius 1 is 0.265 bits per heavy atom. The first kappa shape index (κ1) is 40.8. The van der Waals surface area contributed by atoms with Gasteiger partial charge in [-0.1, -0.05) is 48.5 Å². The molecule has 10 N–H and O–H groups in total. The fourth-order valence-electron chi connectivity index (χ4n) is 12.0. The summed E-state index contributed by atoms with van der Waals surface area (Å²) in [6, 6.07) is 38.5. The minimum Gasteiger partial charge on any atom is -0.508 e. The molecule has 8 unspecified atom stereocenters. The molecular formula is C56H42O12. The van der Waals surface area contributed by atoms with Crippen LogP contribution in [0.5, 0.6) is 69.0 Å². The molecule has 0 radical (unpaired) electrons. The van der Waals surface area contributed by atoms with Gasteiger partial charge in [0.15, 0.2) is 0 Å². The average molecular weight is 907 g/mol. The number of phenols is 10. The van der Waals surface area contributed by atoms with E-state index in [-0.39, 0.29) is 57.5 Å². The zero-order chi connectivity index (χ0) is 46.9. The van der Waals surface area contributed by atoms with E-state index in [1.807, 2.05) is 0 Å². The van der Waals surface area contributed by atoms with Crippen molar-refractivity contribution in [1.82, 2.24) is 0 Å². The lowest BCUT2D eigenvalue weighted by molar-refractivity contribution is 0.221. The summed E-state index contributed by atoms with van der Waals surface area (Å²) < 4.78 is 13.7. The molecule has 12 heteroatoms. The molecule has 338 valence electrons. The molecule has 8 aromatic carbocycles. The Balaban J connectivity index is 1.21. The molecule has 0 spiro atoms. The van der Waals surface area contributed by atoms with E-state index in [2.05, 4.69) is 0 Å². The molecule has 12 nitrogen and oxygen atoms in total. The van der Waals surface area contributed by atoms with Crippen LogP contribution in [0.2, 0.25) is 0 Å². The summed E-state index contributed by atoms with van der Waals surface area (Å²) in [5, 5.41) is 113. The molecule has 8 aromatic rings. The molecule has 0 fully saturated rings. The Bertz CT molecular complexity index is 3310. The minimum absolute atomic E-state index is 0.00343. The maximum atomic E-state index is 12.7. The summed E-state index contributed by atoms with van der Waals surface area (Å²) in [7, 11) is 0. The van der Waals surface area contributed by atoms with Gasteiger partial charge < -0.3 is 60.5 Å². The van der Waals surface area contributed by atoms with Crippen molar-refractivity contribution in [2.45, 2.75) is 47.7 Å². The van der Waals surface area contributed by atoms with Crippen molar-refractivity contribution in [3.8, 4) is 69.0 Å². The lowest BCUT2D eigenvalue weighted by atomic mass is 9.67. The van der Waals surface area contributed by atoms with Gasteiger partial charge in [0.05, 0.1) is 11.8 Å². The molecular weight excluding hydrogens is 865 g/mol. The zero-order valence-corrected chi connectivity index (χ0v) is 35.8. The molecule has 0 aromatic heterocycles. The first-order chi connectivity index (χ1) is 32.8. The van der Waals surface area contributed by atoms with E-state index < -0.39 is 47.7 Å². The number of aromatic hydroxyl groups is 10. The summed E-state index contributed by atoms with van der Waals surface area (Å²) in [6.45, 7) is 0. The molecule has 8 atom stereocenters. The Labute approximate surface area is 388 Å². The smallest absolute Gasteiger partial charge is 0.135 e. The van der Waals surface area contributed by atoms with Crippen molar-refractivity contribution in [3.05, 3.63) is 212 Å². The number of phenolic OH excluding ortho intramolecular Hbond substituents is 10. The fraction of sp³-hybridized carbons (Fsp3) is 0.143. The van der Waals surface area contributed by atoms with Gasteiger partial charge in [0, 0.05) is 70.2 Å². The van der Waals surface area contributed by atoms with Gasteiger partial charge in [-0.25, -0.2) is 0 Å². The Hall–Kier alpha value is -8.64. The van der Waals surface area contributed by atoms with E-state index in [0.29, 0.717) is 78.3 Å². The lowest BCUT2D eigenvalue weighted by Crippen LogP contribution is -2.22. The number of fused-ring (bicyclic) bond motifs is 3. The molecule has 4 aliphatic rings. The van der Waals surface area contributed by atoms with Gasteiger partial charge in [-0.2, -0.15) is 0 Å². The van der Waals surface area contributed by atoms with Crippen molar-refractivity contribution < 1.29 is 60.5 Å². The number of hydrogen-bond donors (Lipinski definition) is 10. The van der Waals surface area contributed by atoms with E-state index in [0.717, 1.165) is 0 Å². The van der Waals surface area contributed by atoms with Crippen molar-refractivity contribution in [3.63, 3.8) is 0 Å². The maximum Gasteiger partial charge on any atom is 0.135 e. The van der Waals surface area contributed by atoms with E-state index in [1.165, 1.54) is 30.3 Å². The maximum absolute atomic E-state index is 12.7. The number of benzene rings is 8. The third-order valence-corrected chi connectivity index (χ3v) is 14.4. The molecule has 68 heavy (non-hydrogen) atoms. The zero-order valence-electron chi connectivity index (χ0n) is 35.8. The number of rotatable bonds is 6.